The summed E-state index contributed by atoms with van der Waals surface area (Å²) >= 11 is 3.35. The largest absolute Gasteiger partial charge is 0.493 e. The molecule has 1 aromatic carbocycles. The SMILES string of the molecule is COc1cc2c(cc1OC)CN(CC(=O)N1N=C(c3cccs3)C[C@@H]1c1cccs1)CC2. The number of hydrogen-bond donors (Lipinski definition) is 0. The minimum atomic E-state index is -0.0268. The average molecular weight is 468 g/mol. The molecule has 6 nitrogen and oxygen atoms in total. The highest BCUT2D eigenvalue weighted by atomic mass is 32.1. The van der Waals surface area contributed by atoms with Gasteiger partial charge < -0.3 is 9.47 Å². The molecule has 0 unspecified atom stereocenters. The first-order valence-corrected chi connectivity index (χ1v) is 12.3. The summed E-state index contributed by atoms with van der Waals surface area (Å²) in [6, 6.07) is 12.3. The second kappa shape index (κ2) is 9.05. The Morgan fingerprint density at radius 2 is 1.84 bits per heavy atom. The highest BCUT2D eigenvalue weighted by Gasteiger charge is 2.35. The summed E-state index contributed by atoms with van der Waals surface area (Å²) < 4.78 is 10.9. The van der Waals surface area contributed by atoms with E-state index >= 15 is 0 Å². The van der Waals surface area contributed by atoms with Crippen molar-refractivity contribution in [3.8, 4) is 11.5 Å². The van der Waals surface area contributed by atoms with Gasteiger partial charge in [-0.3, -0.25) is 9.69 Å². The van der Waals surface area contributed by atoms with Crippen LogP contribution in [0.2, 0.25) is 0 Å². The number of amides is 1. The maximum absolute atomic E-state index is 13.4. The average Bonchev–Trinajstić information content (AvgIpc) is 3.58. The van der Waals surface area contributed by atoms with E-state index in [1.165, 1.54) is 16.0 Å². The second-order valence-corrected chi connectivity index (χ2v) is 9.86. The predicted molar refractivity (Wildman–Crippen MR) is 128 cm³/mol. The molecule has 1 atom stereocenters. The van der Waals surface area contributed by atoms with Gasteiger partial charge in [-0.25, -0.2) is 5.01 Å². The highest BCUT2D eigenvalue weighted by molar-refractivity contribution is 7.12. The standard InChI is InChI=1S/C24H25N3O3S2/c1-29-20-11-16-7-8-26(14-17(16)12-21(20)30-2)15-24(28)27-19(23-6-4-10-32-23)13-18(25-27)22-5-3-9-31-22/h3-6,9-12,19H,7-8,13-15H2,1-2H3/t19-/m1/s1. The Morgan fingerprint density at radius 3 is 2.53 bits per heavy atom. The van der Waals surface area contributed by atoms with Gasteiger partial charge in [0.2, 0.25) is 0 Å². The van der Waals surface area contributed by atoms with Crippen LogP contribution in [0.3, 0.4) is 0 Å². The molecule has 4 heterocycles. The number of hydrogen-bond acceptors (Lipinski definition) is 7. The van der Waals surface area contributed by atoms with E-state index in [0.29, 0.717) is 13.1 Å². The number of fused-ring (bicyclic) bond motifs is 1. The van der Waals surface area contributed by atoms with Crippen LogP contribution in [0, 0.1) is 0 Å². The third kappa shape index (κ3) is 4.05. The zero-order chi connectivity index (χ0) is 22.1. The summed E-state index contributed by atoms with van der Waals surface area (Å²) in [4.78, 5) is 17.9. The predicted octanol–water partition coefficient (Wildman–Crippen LogP) is 4.56. The van der Waals surface area contributed by atoms with Gasteiger partial charge in [-0.05, 0) is 52.6 Å². The van der Waals surface area contributed by atoms with Crippen molar-refractivity contribution in [2.75, 3.05) is 27.3 Å². The highest BCUT2D eigenvalue weighted by Crippen LogP contribution is 2.37. The van der Waals surface area contributed by atoms with E-state index in [2.05, 4.69) is 33.9 Å². The molecule has 0 spiro atoms. The molecule has 0 fully saturated rings. The third-order valence-electron chi connectivity index (χ3n) is 6.00. The molecule has 0 bridgehead atoms. The van der Waals surface area contributed by atoms with Gasteiger partial charge >= 0.3 is 0 Å². The van der Waals surface area contributed by atoms with Crippen molar-refractivity contribution in [2.45, 2.75) is 25.4 Å². The molecule has 0 aliphatic carbocycles. The Labute approximate surface area is 195 Å². The van der Waals surface area contributed by atoms with Gasteiger partial charge in [-0.1, -0.05) is 12.1 Å². The van der Waals surface area contributed by atoms with E-state index in [-0.39, 0.29) is 11.9 Å². The minimum absolute atomic E-state index is 0.0268. The Balaban J connectivity index is 1.34. The van der Waals surface area contributed by atoms with Gasteiger partial charge in [0, 0.05) is 24.4 Å². The molecule has 5 rings (SSSR count). The van der Waals surface area contributed by atoms with Gasteiger partial charge in [0.05, 0.1) is 37.4 Å². The minimum Gasteiger partial charge on any atom is -0.493 e. The van der Waals surface area contributed by atoms with E-state index in [0.717, 1.165) is 41.5 Å². The van der Waals surface area contributed by atoms with E-state index in [1.54, 1.807) is 41.9 Å². The quantitative estimate of drug-likeness (QED) is 0.533. The Hall–Kier alpha value is -2.68. The molecule has 0 saturated carbocycles. The molecule has 166 valence electrons. The van der Waals surface area contributed by atoms with Crippen LogP contribution in [-0.4, -0.2) is 48.8 Å². The van der Waals surface area contributed by atoms with Crippen LogP contribution in [0.5, 0.6) is 11.5 Å². The molecule has 2 aliphatic heterocycles. The maximum Gasteiger partial charge on any atom is 0.257 e. The van der Waals surface area contributed by atoms with Crippen molar-refractivity contribution < 1.29 is 14.3 Å². The van der Waals surface area contributed by atoms with Crippen molar-refractivity contribution in [1.29, 1.82) is 0 Å². The van der Waals surface area contributed by atoms with Crippen molar-refractivity contribution in [3.63, 3.8) is 0 Å². The van der Waals surface area contributed by atoms with Crippen LogP contribution in [-0.2, 0) is 17.8 Å². The summed E-state index contributed by atoms with van der Waals surface area (Å²) in [6.45, 7) is 1.88. The summed E-state index contributed by atoms with van der Waals surface area (Å²) in [5.41, 5.74) is 3.43. The van der Waals surface area contributed by atoms with Gasteiger partial charge in [0.15, 0.2) is 11.5 Å². The van der Waals surface area contributed by atoms with E-state index < -0.39 is 0 Å². The van der Waals surface area contributed by atoms with Gasteiger partial charge in [0.25, 0.3) is 5.91 Å². The number of ether oxygens (including phenoxy) is 2. The molecule has 0 N–H and O–H groups in total. The Kier molecular flexibility index (Phi) is 5.99. The van der Waals surface area contributed by atoms with E-state index in [9.17, 15) is 4.79 Å². The maximum atomic E-state index is 13.4. The lowest BCUT2D eigenvalue weighted by Crippen LogP contribution is -2.40. The van der Waals surface area contributed by atoms with Crippen molar-refractivity contribution in [3.05, 3.63) is 68.0 Å². The van der Waals surface area contributed by atoms with Crippen LogP contribution < -0.4 is 9.47 Å². The summed E-state index contributed by atoms with van der Waals surface area (Å²) in [7, 11) is 3.30. The Morgan fingerprint density at radius 1 is 1.09 bits per heavy atom. The van der Waals surface area contributed by atoms with Crippen molar-refractivity contribution >= 4 is 34.3 Å². The first-order valence-electron chi connectivity index (χ1n) is 10.6. The van der Waals surface area contributed by atoms with Crippen LogP contribution in [0.25, 0.3) is 0 Å². The number of thiophene rings is 2. The number of carbonyl (C=O) groups excluding carboxylic acids is 1. The zero-order valence-electron chi connectivity index (χ0n) is 18.1. The van der Waals surface area contributed by atoms with Gasteiger partial charge in [0.1, 0.15) is 0 Å². The number of methoxy groups -OCH3 is 2. The number of rotatable bonds is 6. The number of nitrogens with zero attached hydrogens (tertiary/aromatic N) is 3. The van der Waals surface area contributed by atoms with E-state index in [1.807, 2.05) is 18.2 Å². The topological polar surface area (TPSA) is 54.4 Å². The fraction of sp³-hybridized carbons (Fsp3) is 0.333. The van der Waals surface area contributed by atoms with Crippen LogP contribution >= 0.6 is 22.7 Å². The Bertz CT molecular complexity index is 1130. The van der Waals surface area contributed by atoms with Crippen molar-refractivity contribution in [2.24, 2.45) is 5.10 Å². The molecule has 3 aromatic rings. The molecule has 0 saturated heterocycles. The molecule has 8 heteroatoms. The zero-order valence-corrected chi connectivity index (χ0v) is 19.7. The lowest BCUT2D eigenvalue weighted by molar-refractivity contribution is -0.134. The van der Waals surface area contributed by atoms with Crippen LogP contribution in [0.4, 0.5) is 0 Å². The fourth-order valence-electron chi connectivity index (χ4n) is 4.37. The fourth-order valence-corrected chi connectivity index (χ4v) is 5.91. The van der Waals surface area contributed by atoms with Gasteiger partial charge in [-0.15, -0.1) is 22.7 Å². The third-order valence-corrected chi connectivity index (χ3v) is 7.89. The van der Waals surface area contributed by atoms with Crippen LogP contribution in [0.15, 0.2) is 52.3 Å². The number of benzene rings is 1. The first-order chi connectivity index (χ1) is 15.7. The lowest BCUT2D eigenvalue weighted by atomic mass is 9.98. The summed E-state index contributed by atoms with van der Waals surface area (Å²) in [6.07, 6.45) is 1.63. The number of hydrazone groups is 1. The molecule has 1 amide bonds. The molecular weight excluding hydrogens is 442 g/mol. The summed E-state index contributed by atoms with van der Waals surface area (Å²) in [5, 5.41) is 10.6. The molecule has 2 aromatic heterocycles. The van der Waals surface area contributed by atoms with Crippen molar-refractivity contribution in [1.82, 2.24) is 9.91 Å². The molecular formula is C24H25N3O3S2. The first kappa shape index (κ1) is 21.2. The molecule has 32 heavy (non-hydrogen) atoms. The molecule has 0 radical (unpaired) electrons. The smallest absolute Gasteiger partial charge is 0.257 e. The lowest BCUT2D eigenvalue weighted by Gasteiger charge is -2.30. The molecule has 2 aliphatic rings. The van der Waals surface area contributed by atoms with E-state index in [4.69, 9.17) is 14.6 Å². The second-order valence-electron chi connectivity index (χ2n) is 7.93. The number of carbonyl (C=O) groups is 1. The van der Waals surface area contributed by atoms with Gasteiger partial charge in [-0.2, -0.15) is 5.10 Å². The normalized spacial score (nSPS) is 18.4. The monoisotopic (exact) mass is 467 g/mol. The summed E-state index contributed by atoms with van der Waals surface area (Å²) in [5.74, 6) is 1.52. The van der Waals surface area contributed by atoms with Crippen LogP contribution in [0.1, 0.15) is 33.3 Å².